The second kappa shape index (κ2) is 8.07. The zero-order valence-electron chi connectivity index (χ0n) is 14.8. The fraction of sp³-hybridized carbons (Fsp3) is 0.368. The normalized spacial score (nSPS) is 18.0. The molecule has 0 aromatic heterocycles. The van der Waals surface area contributed by atoms with Crippen molar-refractivity contribution in [1.82, 2.24) is 4.90 Å². The Morgan fingerprint density at radius 2 is 1.73 bits per heavy atom. The van der Waals surface area contributed by atoms with Crippen LogP contribution in [0.4, 0.5) is 0 Å². The number of nitrogens with zero attached hydrogens (tertiary/aromatic N) is 1. The Kier molecular flexibility index (Phi) is 5.80. The van der Waals surface area contributed by atoms with Gasteiger partial charge < -0.3 is 9.47 Å². The zero-order chi connectivity index (χ0) is 18.6. The number of sulfonamides is 1. The van der Waals surface area contributed by atoms with E-state index in [1.54, 1.807) is 19.2 Å². The average molecular weight is 376 g/mol. The van der Waals surface area contributed by atoms with Gasteiger partial charge in [0, 0.05) is 12.6 Å². The Morgan fingerprint density at radius 3 is 2.35 bits per heavy atom. The van der Waals surface area contributed by atoms with E-state index in [-0.39, 0.29) is 4.90 Å². The van der Waals surface area contributed by atoms with Crippen molar-refractivity contribution in [2.45, 2.75) is 23.8 Å². The van der Waals surface area contributed by atoms with Crippen molar-refractivity contribution >= 4 is 10.0 Å². The molecule has 0 saturated carbocycles. The van der Waals surface area contributed by atoms with E-state index >= 15 is 0 Å². The van der Waals surface area contributed by atoms with Gasteiger partial charge in [0.05, 0.1) is 12.0 Å². The largest absolute Gasteiger partial charge is 0.497 e. The van der Waals surface area contributed by atoms with Crippen LogP contribution in [-0.4, -0.2) is 40.1 Å². The first-order chi connectivity index (χ1) is 12.5. The smallest absolute Gasteiger partial charge is 0.238 e. The molecule has 0 amide bonds. The van der Waals surface area contributed by atoms with Gasteiger partial charge in [-0.15, -0.1) is 0 Å². The third kappa shape index (κ3) is 4.55. The zero-order valence-corrected chi connectivity index (χ0v) is 15.6. The van der Waals surface area contributed by atoms with Gasteiger partial charge in [-0.2, -0.15) is 0 Å². The van der Waals surface area contributed by atoms with Gasteiger partial charge >= 0.3 is 0 Å². The summed E-state index contributed by atoms with van der Waals surface area (Å²) < 4.78 is 33.5. The minimum absolute atomic E-state index is 0.0870. The average Bonchev–Trinajstić information content (AvgIpc) is 3.10. The van der Waals surface area contributed by atoms with Crippen LogP contribution >= 0.6 is 0 Å². The van der Waals surface area contributed by atoms with E-state index in [0.717, 1.165) is 25.3 Å². The predicted molar refractivity (Wildman–Crippen MR) is 99.9 cm³/mol. The van der Waals surface area contributed by atoms with Crippen molar-refractivity contribution in [2.24, 2.45) is 5.14 Å². The van der Waals surface area contributed by atoms with Gasteiger partial charge in [-0.1, -0.05) is 12.1 Å². The van der Waals surface area contributed by atoms with Crippen LogP contribution in [0.1, 0.15) is 24.4 Å². The Morgan fingerprint density at radius 1 is 1.08 bits per heavy atom. The summed E-state index contributed by atoms with van der Waals surface area (Å²) in [5, 5.41) is 5.10. The molecule has 1 saturated heterocycles. The molecule has 3 rings (SSSR count). The Bertz CT molecular complexity index is 820. The van der Waals surface area contributed by atoms with Crippen LogP contribution in [0.25, 0.3) is 0 Å². The number of hydrogen-bond donors (Lipinski definition) is 1. The number of ether oxygens (including phenoxy) is 2. The van der Waals surface area contributed by atoms with Gasteiger partial charge in [0.15, 0.2) is 0 Å². The molecule has 1 unspecified atom stereocenters. The molecule has 140 valence electrons. The van der Waals surface area contributed by atoms with Crippen LogP contribution in [0.15, 0.2) is 53.4 Å². The second-order valence-electron chi connectivity index (χ2n) is 6.33. The van der Waals surface area contributed by atoms with Crippen molar-refractivity contribution in [3.05, 3.63) is 54.1 Å². The van der Waals surface area contributed by atoms with Crippen LogP contribution in [0, 0.1) is 0 Å². The lowest BCUT2D eigenvalue weighted by molar-refractivity contribution is 0.197. The van der Waals surface area contributed by atoms with Crippen LogP contribution in [0.5, 0.6) is 11.5 Å². The number of rotatable bonds is 7. The SMILES string of the molecule is COc1ccc(C2CCCN2CCOc2ccc(S(N)(=O)=O)cc2)cc1. The lowest BCUT2D eigenvalue weighted by Crippen LogP contribution is -2.28. The first-order valence-corrected chi connectivity index (χ1v) is 10.2. The molecule has 0 aliphatic carbocycles. The van der Waals surface area contributed by atoms with E-state index < -0.39 is 10.0 Å². The Hall–Kier alpha value is -2.09. The molecule has 6 nitrogen and oxygen atoms in total. The number of hydrogen-bond acceptors (Lipinski definition) is 5. The Labute approximate surface area is 154 Å². The molecule has 2 aromatic carbocycles. The van der Waals surface area contributed by atoms with Gasteiger partial charge in [0.2, 0.25) is 10.0 Å². The summed E-state index contributed by atoms with van der Waals surface area (Å²) in [5.74, 6) is 1.50. The highest BCUT2D eigenvalue weighted by molar-refractivity contribution is 7.89. The molecule has 0 bridgehead atoms. The van der Waals surface area contributed by atoms with Crippen molar-refractivity contribution < 1.29 is 17.9 Å². The molecule has 1 fully saturated rings. The molecule has 2 aromatic rings. The summed E-state index contributed by atoms with van der Waals surface area (Å²) in [4.78, 5) is 2.50. The molecule has 0 radical (unpaired) electrons. The van der Waals surface area contributed by atoms with Gasteiger partial charge in [-0.05, 0) is 61.3 Å². The fourth-order valence-electron chi connectivity index (χ4n) is 3.30. The minimum atomic E-state index is -3.67. The molecule has 1 aliphatic heterocycles. The highest BCUT2D eigenvalue weighted by Gasteiger charge is 2.25. The maximum Gasteiger partial charge on any atom is 0.238 e. The van der Waals surface area contributed by atoms with E-state index in [9.17, 15) is 8.42 Å². The van der Waals surface area contributed by atoms with Gasteiger partial charge in [0.1, 0.15) is 18.1 Å². The molecule has 26 heavy (non-hydrogen) atoms. The number of benzene rings is 2. The van der Waals surface area contributed by atoms with E-state index in [1.165, 1.54) is 24.1 Å². The number of methoxy groups -OCH3 is 1. The number of likely N-dealkylation sites (tertiary alicyclic amines) is 1. The van der Waals surface area contributed by atoms with E-state index in [4.69, 9.17) is 14.6 Å². The third-order valence-electron chi connectivity index (χ3n) is 4.66. The van der Waals surface area contributed by atoms with E-state index in [1.807, 2.05) is 12.1 Å². The van der Waals surface area contributed by atoms with Gasteiger partial charge in [-0.25, -0.2) is 13.6 Å². The third-order valence-corrected chi connectivity index (χ3v) is 5.59. The lowest BCUT2D eigenvalue weighted by Gasteiger charge is -2.25. The maximum absolute atomic E-state index is 11.3. The monoisotopic (exact) mass is 376 g/mol. The van der Waals surface area contributed by atoms with Gasteiger partial charge in [-0.3, -0.25) is 4.90 Å². The van der Waals surface area contributed by atoms with Crippen LogP contribution in [0.2, 0.25) is 0 Å². The molecule has 7 heteroatoms. The van der Waals surface area contributed by atoms with Crippen LogP contribution in [0.3, 0.4) is 0 Å². The van der Waals surface area contributed by atoms with Crippen molar-refractivity contribution in [1.29, 1.82) is 0 Å². The highest BCUT2D eigenvalue weighted by Crippen LogP contribution is 2.32. The molecule has 0 spiro atoms. The molecule has 1 aliphatic rings. The lowest BCUT2D eigenvalue weighted by atomic mass is 10.0. The molecule has 2 N–H and O–H groups in total. The van der Waals surface area contributed by atoms with E-state index in [2.05, 4.69) is 17.0 Å². The summed E-state index contributed by atoms with van der Waals surface area (Å²) in [6.07, 6.45) is 2.30. The topological polar surface area (TPSA) is 81.9 Å². The van der Waals surface area contributed by atoms with Gasteiger partial charge in [0.25, 0.3) is 0 Å². The number of nitrogens with two attached hydrogens (primary N) is 1. The first kappa shape index (κ1) is 18.7. The van der Waals surface area contributed by atoms with Crippen molar-refractivity contribution in [2.75, 3.05) is 26.8 Å². The highest BCUT2D eigenvalue weighted by atomic mass is 32.2. The molecular weight excluding hydrogens is 352 g/mol. The molecule has 1 atom stereocenters. The second-order valence-corrected chi connectivity index (χ2v) is 7.89. The quantitative estimate of drug-likeness (QED) is 0.803. The summed E-state index contributed by atoms with van der Waals surface area (Å²) >= 11 is 0. The van der Waals surface area contributed by atoms with E-state index in [0.29, 0.717) is 18.4 Å². The predicted octanol–water partition coefficient (Wildman–Crippen LogP) is 2.56. The van der Waals surface area contributed by atoms with Crippen molar-refractivity contribution in [3.8, 4) is 11.5 Å². The summed E-state index contributed by atoms with van der Waals surface area (Å²) in [6, 6.07) is 14.8. The Balaban J connectivity index is 1.55. The minimum Gasteiger partial charge on any atom is -0.497 e. The fourth-order valence-corrected chi connectivity index (χ4v) is 3.82. The summed E-state index contributed by atoms with van der Waals surface area (Å²) in [5.41, 5.74) is 1.29. The molecular formula is C19H24N2O4S. The van der Waals surface area contributed by atoms with Crippen molar-refractivity contribution in [3.63, 3.8) is 0 Å². The number of primary sulfonamides is 1. The summed E-state index contributed by atoms with van der Waals surface area (Å²) in [7, 11) is -2.00. The first-order valence-electron chi connectivity index (χ1n) is 8.61. The maximum atomic E-state index is 11.3. The van der Waals surface area contributed by atoms with Crippen LogP contribution < -0.4 is 14.6 Å². The van der Waals surface area contributed by atoms with Crippen LogP contribution in [-0.2, 0) is 10.0 Å². The standard InChI is InChI=1S/C19H24N2O4S/c1-24-16-6-4-15(5-7-16)19-3-2-12-21(19)13-14-25-17-8-10-18(11-9-17)26(20,22)23/h4-11,19H,2-3,12-14H2,1H3,(H2,20,22,23). The summed E-state index contributed by atoms with van der Waals surface area (Å²) in [6.45, 7) is 2.40. The molecule has 1 heterocycles.